The first-order valence-corrected chi connectivity index (χ1v) is 13.2. The first-order valence-electron chi connectivity index (χ1n) is 6.73. The van der Waals surface area contributed by atoms with Gasteiger partial charge in [0.05, 0.1) is 8.31 Å². The molecule has 101 valence electrons. The highest BCUT2D eigenvalue weighted by molar-refractivity contribution is 7.30. The van der Waals surface area contributed by atoms with E-state index in [4.69, 9.17) is 0 Å². The highest BCUT2D eigenvalue weighted by atomic mass is 29.2. The molecule has 0 unspecified atom stereocenters. The van der Waals surface area contributed by atoms with Gasteiger partial charge in [-0.3, -0.25) is 4.79 Å². The number of allylic oxidation sites excluding steroid dienone is 1. The average molecular weight is 289 g/mol. The summed E-state index contributed by atoms with van der Waals surface area (Å²) in [4.78, 5) is 15.9. The molecule has 1 aromatic rings. The Hall–Kier alpha value is -1.14. The molecule has 0 aromatic heterocycles. The first-order chi connectivity index (χ1) is 8.81. The van der Waals surface area contributed by atoms with E-state index in [2.05, 4.69) is 50.2 Å². The Kier molecular flexibility index (Phi) is 3.83. The molecule has 4 heteroatoms. The van der Waals surface area contributed by atoms with Crippen molar-refractivity contribution < 1.29 is 4.79 Å². The molecule has 1 aromatic carbocycles. The molecule has 1 radical (unpaired) electrons. The Morgan fingerprint density at radius 2 is 2.00 bits per heavy atom. The highest BCUT2D eigenvalue weighted by Crippen LogP contribution is 2.27. The third-order valence-electron chi connectivity index (χ3n) is 3.98. The van der Waals surface area contributed by atoms with Crippen LogP contribution in [0.15, 0.2) is 23.8 Å². The fourth-order valence-corrected chi connectivity index (χ4v) is 4.25. The fourth-order valence-electron chi connectivity index (χ4n) is 2.21. The fraction of sp³-hybridized carbons (Fsp3) is 0.400. The van der Waals surface area contributed by atoms with Crippen molar-refractivity contribution >= 4 is 28.1 Å². The van der Waals surface area contributed by atoms with E-state index in [9.17, 15) is 4.79 Å². The van der Waals surface area contributed by atoms with Crippen LogP contribution >= 0.6 is 0 Å². The van der Waals surface area contributed by atoms with Gasteiger partial charge in [0, 0.05) is 5.56 Å². The lowest BCUT2D eigenvalue weighted by Gasteiger charge is -2.27. The largest absolute Gasteiger partial charge is 0.381 e. The van der Waals surface area contributed by atoms with Gasteiger partial charge in [-0.05, 0) is 30.5 Å². The summed E-state index contributed by atoms with van der Waals surface area (Å²) < 4.78 is 0. The van der Waals surface area contributed by atoms with Crippen molar-refractivity contribution in [2.24, 2.45) is 0 Å². The predicted octanol–water partition coefficient (Wildman–Crippen LogP) is 3.41. The summed E-state index contributed by atoms with van der Waals surface area (Å²) in [5.74, 6) is 0.116. The van der Waals surface area contributed by atoms with Crippen LogP contribution in [0.5, 0.6) is 0 Å². The molecule has 1 N–H and O–H groups in total. The van der Waals surface area contributed by atoms with Gasteiger partial charge in [-0.25, -0.2) is 0 Å². The van der Waals surface area contributed by atoms with Crippen LogP contribution in [-0.4, -0.2) is 22.0 Å². The quantitative estimate of drug-likeness (QED) is 0.849. The zero-order valence-corrected chi connectivity index (χ0v) is 14.4. The third kappa shape index (κ3) is 2.90. The first kappa shape index (κ1) is 14.3. The van der Waals surface area contributed by atoms with Crippen molar-refractivity contribution in [3.63, 3.8) is 0 Å². The number of carbonyl (C=O) groups excluding carboxylic acids is 1. The molecule has 0 atom stereocenters. The van der Waals surface area contributed by atoms with Gasteiger partial charge < -0.3 is 4.98 Å². The van der Waals surface area contributed by atoms with Crippen LogP contribution in [0.3, 0.4) is 0 Å². The molecule has 0 saturated heterocycles. The maximum atomic E-state index is 12.5. The van der Waals surface area contributed by atoms with Gasteiger partial charge in [0.25, 0.3) is 0 Å². The van der Waals surface area contributed by atoms with Crippen molar-refractivity contribution in [1.82, 2.24) is 4.98 Å². The Balaban J connectivity index is 2.29. The summed E-state index contributed by atoms with van der Waals surface area (Å²) in [6, 6.07) is 6.07. The lowest BCUT2D eigenvalue weighted by atomic mass is 10.0. The zero-order valence-electron chi connectivity index (χ0n) is 12.4. The standard InChI is InChI=1S/C15H22NOSi2/c1-11-9-12-7-6-8-13(14(12)10-11)15(17)16-19(4,5)18(2)3/h6-8,10H,9H2,1-5H3,(H,16,17). The Bertz CT molecular complexity index is 547. The Morgan fingerprint density at radius 1 is 1.32 bits per heavy atom. The van der Waals surface area contributed by atoms with E-state index in [1.54, 1.807) is 0 Å². The number of carbonyl (C=O) groups is 1. The summed E-state index contributed by atoms with van der Waals surface area (Å²) in [7, 11) is -2.04. The van der Waals surface area contributed by atoms with Crippen molar-refractivity contribution in [2.45, 2.75) is 39.5 Å². The zero-order chi connectivity index (χ0) is 14.2. The minimum atomic E-state index is -1.59. The van der Waals surface area contributed by atoms with Crippen LogP contribution < -0.4 is 4.98 Å². The molecule has 0 aliphatic heterocycles. The molecule has 0 bridgehead atoms. The molecular formula is C15H22NOSi2. The number of benzene rings is 1. The summed E-state index contributed by atoms with van der Waals surface area (Å²) >= 11 is 0. The third-order valence-corrected chi connectivity index (χ3v) is 15.2. The molecule has 2 rings (SSSR count). The molecule has 0 fully saturated rings. The molecular weight excluding hydrogens is 266 g/mol. The Labute approximate surface area is 118 Å². The minimum Gasteiger partial charge on any atom is -0.381 e. The van der Waals surface area contributed by atoms with Crippen molar-refractivity contribution in [3.8, 4) is 0 Å². The van der Waals surface area contributed by atoms with Crippen molar-refractivity contribution in [1.29, 1.82) is 0 Å². The number of rotatable bonds is 3. The van der Waals surface area contributed by atoms with Crippen LogP contribution in [0.4, 0.5) is 0 Å². The number of fused-ring (bicyclic) bond motifs is 1. The van der Waals surface area contributed by atoms with E-state index in [-0.39, 0.29) is 5.91 Å². The second kappa shape index (κ2) is 5.09. The van der Waals surface area contributed by atoms with Gasteiger partial charge in [0.2, 0.25) is 5.91 Å². The smallest absolute Gasteiger partial charge is 0.243 e. The number of amides is 1. The van der Waals surface area contributed by atoms with Gasteiger partial charge in [-0.2, -0.15) is 0 Å². The van der Waals surface area contributed by atoms with Crippen molar-refractivity contribution in [2.75, 3.05) is 0 Å². The van der Waals surface area contributed by atoms with E-state index in [1.807, 2.05) is 12.1 Å². The maximum Gasteiger partial charge on any atom is 0.243 e. The minimum absolute atomic E-state index is 0.116. The summed E-state index contributed by atoms with van der Waals surface area (Å²) in [5, 5.41) is 0. The predicted molar refractivity (Wildman–Crippen MR) is 86.2 cm³/mol. The normalized spacial score (nSPS) is 14.3. The second-order valence-electron chi connectivity index (χ2n) is 6.12. The van der Waals surface area contributed by atoms with Crippen molar-refractivity contribution in [3.05, 3.63) is 40.5 Å². The van der Waals surface area contributed by atoms with Gasteiger partial charge in [-0.15, -0.1) is 0 Å². The van der Waals surface area contributed by atoms with Gasteiger partial charge in [-0.1, -0.05) is 50.0 Å². The topological polar surface area (TPSA) is 29.1 Å². The van der Waals surface area contributed by atoms with Gasteiger partial charge in [0.1, 0.15) is 7.75 Å². The maximum absolute atomic E-state index is 12.5. The molecule has 0 heterocycles. The second-order valence-corrected chi connectivity index (χ2v) is 18.4. The lowest BCUT2D eigenvalue weighted by molar-refractivity contribution is 0.0978. The van der Waals surface area contributed by atoms with Crippen LogP contribution in [0.2, 0.25) is 26.2 Å². The lowest BCUT2D eigenvalue weighted by Crippen LogP contribution is -2.57. The summed E-state index contributed by atoms with van der Waals surface area (Å²) in [6.45, 7) is 11.2. The summed E-state index contributed by atoms with van der Waals surface area (Å²) in [6.07, 6.45) is 3.14. The van der Waals surface area contributed by atoms with Crippen LogP contribution in [0.25, 0.3) is 6.08 Å². The molecule has 0 spiro atoms. The van der Waals surface area contributed by atoms with Crippen LogP contribution in [0.1, 0.15) is 28.4 Å². The van der Waals surface area contributed by atoms with E-state index >= 15 is 0 Å². The monoisotopic (exact) mass is 288 g/mol. The number of hydrogen-bond donors (Lipinski definition) is 1. The molecule has 19 heavy (non-hydrogen) atoms. The van der Waals surface area contributed by atoms with E-state index in [1.165, 1.54) is 11.1 Å². The van der Waals surface area contributed by atoms with Gasteiger partial charge >= 0.3 is 0 Å². The van der Waals surface area contributed by atoms with E-state index < -0.39 is 16.1 Å². The van der Waals surface area contributed by atoms with E-state index in [0.29, 0.717) is 0 Å². The van der Waals surface area contributed by atoms with Gasteiger partial charge in [0.15, 0.2) is 0 Å². The van der Waals surface area contributed by atoms with Crippen LogP contribution in [-0.2, 0) is 6.42 Å². The summed E-state index contributed by atoms with van der Waals surface area (Å²) in [5.41, 5.74) is 4.59. The van der Waals surface area contributed by atoms with E-state index in [0.717, 1.165) is 17.5 Å². The molecule has 1 amide bonds. The molecule has 1 aliphatic carbocycles. The number of nitrogens with one attached hydrogen (secondary N) is 1. The highest BCUT2D eigenvalue weighted by Gasteiger charge is 2.30. The molecule has 0 saturated carbocycles. The number of hydrogen-bond acceptors (Lipinski definition) is 1. The van der Waals surface area contributed by atoms with Crippen LogP contribution in [0, 0.1) is 0 Å². The molecule has 2 nitrogen and oxygen atoms in total. The molecule has 1 aliphatic rings. The SMILES string of the molecule is CC1=Cc2c(cccc2C(=O)N[Si](C)(C)[Si](C)C)C1. The average Bonchev–Trinajstić information content (AvgIpc) is 2.67. The Morgan fingerprint density at radius 3 is 2.63 bits per heavy atom.